The maximum Gasteiger partial charge on any atom is 0.242 e. The van der Waals surface area contributed by atoms with Crippen molar-refractivity contribution >= 4 is 11.6 Å². The van der Waals surface area contributed by atoms with Gasteiger partial charge in [-0.2, -0.15) is 0 Å². The topological polar surface area (TPSA) is 44.4 Å². The van der Waals surface area contributed by atoms with Gasteiger partial charge in [-0.25, -0.2) is 0 Å². The van der Waals surface area contributed by atoms with E-state index in [0.717, 1.165) is 25.9 Å². The number of anilines is 1. The number of nitrogens with zero attached hydrogens (tertiary/aromatic N) is 1. The summed E-state index contributed by atoms with van der Waals surface area (Å²) in [5, 5.41) is 5.94. The maximum absolute atomic E-state index is 11.9. The zero-order chi connectivity index (χ0) is 13.0. The van der Waals surface area contributed by atoms with Crippen LogP contribution in [-0.2, 0) is 11.3 Å². The largest absolute Gasteiger partial charge is 0.359 e. The molecule has 0 radical (unpaired) electrons. The fourth-order valence-electron chi connectivity index (χ4n) is 2.63. The summed E-state index contributed by atoms with van der Waals surface area (Å²) in [5.41, 5.74) is 2.42. The lowest BCUT2D eigenvalue weighted by molar-refractivity contribution is -0.121. The highest BCUT2D eigenvalue weighted by molar-refractivity contribution is 5.85. The molecule has 0 aliphatic carbocycles. The molecule has 2 rings (SSSR count). The van der Waals surface area contributed by atoms with Crippen molar-refractivity contribution in [2.75, 3.05) is 25.5 Å². The number of para-hydroxylation sites is 1. The fraction of sp³-hybridized carbons (Fsp3) is 0.500. The lowest BCUT2D eigenvalue weighted by Gasteiger charge is -2.27. The van der Waals surface area contributed by atoms with E-state index >= 15 is 0 Å². The van der Waals surface area contributed by atoms with E-state index in [1.165, 1.54) is 11.3 Å². The predicted octanol–water partition coefficient (Wildman–Crippen LogP) is 1.12. The standard InChI is InChI=1S/C14H21N3O/c1-15-10-11-6-3-4-7-12(11)17-9-5-8-13(17)14(18)16-2/h3-4,6-7,13,15H,5,8-10H2,1-2H3,(H,16,18). The molecule has 1 atom stereocenters. The van der Waals surface area contributed by atoms with Crippen molar-refractivity contribution in [3.8, 4) is 0 Å². The molecule has 2 N–H and O–H groups in total. The van der Waals surface area contributed by atoms with Crippen molar-refractivity contribution in [2.24, 2.45) is 0 Å². The molecule has 0 saturated carbocycles. The van der Waals surface area contributed by atoms with Crippen LogP contribution in [0.15, 0.2) is 24.3 Å². The molecule has 1 aromatic rings. The van der Waals surface area contributed by atoms with Crippen LogP contribution in [0.3, 0.4) is 0 Å². The Morgan fingerprint density at radius 3 is 2.89 bits per heavy atom. The van der Waals surface area contributed by atoms with Gasteiger partial charge in [0.25, 0.3) is 0 Å². The van der Waals surface area contributed by atoms with Crippen LogP contribution in [0.25, 0.3) is 0 Å². The SMILES string of the molecule is CNCc1ccccc1N1CCCC1C(=O)NC. The number of carbonyl (C=O) groups is 1. The zero-order valence-corrected chi connectivity index (χ0v) is 11.1. The van der Waals surface area contributed by atoms with Crippen molar-refractivity contribution in [1.82, 2.24) is 10.6 Å². The third-order valence-corrected chi connectivity index (χ3v) is 3.47. The van der Waals surface area contributed by atoms with Crippen molar-refractivity contribution in [2.45, 2.75) is 25.4 Å². The number of nitrogens with one attached hydrogen (secondary N) is 2. The molecule has 0 spiro atoms. The Morgan fingerprint density at radius 1 is 1.39 bits per heavy atom. The van der Waals surface area contributed by atoms with E-state index in [-0.39, 0.29) is 11.9 Å². The quantitative estimate of drug-likeness (QED) is 0.838. The van der Waals surface area contributed by atoms with Crippen LogP contribution in [0.1, 0.15) is 18.4 Å². The van der Waals surface area contributed by atoms with Gasteiger partial charge in [0.05, 0.1) is 0 Å². The van der Waals surface area contributed by atoms with Gasteiger partial charge in [0.2, 0.25) is 5.91 Å². The maximum atomic E-state index is 11.9. The van der Waals surface area contributed by atoms with Gasteiger partial charge in [-0.1, -0.05) is 18.2 Å². The Kier molecular flexibility index (Phi) is 4.20. The van der Waals surface area contributed by atoms with Gasteiger partial charge in [0, 0.05) is 25.8 Å². The van der Waals surface area contributed by atoms with Crippen LogP contribution in [0.4, 0.5) is 5.69 Å². The highest BCUT2D eigenvalue weighted by atomic mass is 16.2. The number of hydrogen-bond donors (Lipinski definition) is 2. The number of amides is 1. The average Bonchev–Trinajstić information content (AvgIpc) is 2.88. The van der Waals surface area contributed by atoms with E-state index in [1.807, 2.05) is 19.2 Å². The molecule has 98 valence electrons. The first kappa shape index (κ1) is 12.9. The molecule has 1 fully saturated rings. The zero-order valence-electron chi connectivity index (χ0n) is 11.1. The molecular weight excluding hydrogens is 226 g/mol. The smallest absolute Gasteiger partial charge is 0.242 e. The van der Waals surface area contributed by atoms with E-state index in [4.69, 9.17) is 0 Å². The Labute approximate surface area is 108 Å². The van der Waals surface area contributed by atoms with Gasteiger partial charge in [0.15, 0.2) is 0 Å². The summed E-state index contributed by atoms with van der Waals surface area (Å²) >= 11 is 0. The Balaban J connectivity index is 2.27. The van der Waals surface area contributed by atoms with Crippen LogP contribution in [-0.4, -0.2) is 32.6 Å². The molecule has 4 heteroatoms. The average molecular weight is 247 g/mol. The van der Waals surface area contributed by atoms with E-state index in [2.05, 4.69) is 27.7 Å². The van der Waals surface area contributed by atoms with Gasteiger partial charge in [0.1, 0.15) is 6.04 Å². The molecule has 0 aromatic heterocycles. The van der Waals surface area contributed by atoms with Gasteiger partial charge in [-0.15, -0.1) is 0 Å². The molecule has 1 aromatic carbocycles. The second kappa shape index (κ2) is 5.87. The number of benzene rings is 1. The molecule has 1 unspecified atom stereocenters. The monoisotopic (exact) mass is 247 g/mol. The number of rotatable bonds is 4. The molecule has 1 saturated heterocycles. The summed E-state index contributed by atoms with van der Waals surface area (Å²) in [7, 11) is 3.65. The summed E-state index contributed by atoms with van der Waals surface area (Å²) in [5.74, 6) is 0.117. The molecule has 1 aliphatic heterocycles. The summed E-state index contributed by atoms with van der Waals surface area (Å²) < 4.78 is 0. The van der Waals surface area contributed by atoms with Crippen molar-refractivity contribution < 1.29 is 4.79 Å². The van der Waals surface area contributed by atoms with E-state index in [1.54, 1.807) is 7.05 Å². The van der Waals surface area contributed by atoms with Crippen LogP contribution < -0.4 is 15.5 Å². The van der Waals surface area contributed by atoms with Crippen LogP contribution in [0, 0.1) is 0 Å². The molecule has 1 heterocycles. The van der Waals surface area contributed by atoms with Crippen molar-refractivity contribution in [1.29, 1.82) is 0 Å². The van der Waals surface area contributed by atoms with Crippen LogP contribution in [0.5, 0.6) is 0 Å². The number of likely N-dealkylation sites (N-methyl/N-ethyl adjacent to an activating group) is 1. The minimum atomic E-state index is -0.0204. The fourth-order valence-corrected chi connectivity index (χ4v) is 2.63. The minimum Gasteiger partial charge on any atom is -0.359 e. The summed E-state index contributed by atoms with van der Waals surface area (Å²) in [6.45, 7) is 1.78. The van der Waals surface area contributed by atoms with Crippen molar-refractivity contribution in [3.63, 3.8) is 0 Å². The summed E-state index contributed by atoms with van der Waals surface area (Å²) in [6, 6.07) is 8.28. The highest BCUT2D eigenvalue weighted by Crippen LogP contribution is 2.28. The Hall–Kier alpha value is -1.55. The lowest BCUT2D eigenvalue weighted by Crippen LogP contribution is -2.42. The molecule has 1 amide bonds. The van der Waals surface area contributed by atoms with Crippen molar-refractivity contribution in [3.05, 3.63) is 29.8 Å². The van der Waals surface area contributed by atoms with E-state index in [0.29, 0.717) is 0 Å². The third kappa shape index (κ3) is 2.48. The molecular formula is C14H21N3O. The van der Waals surface area contributed by atoms with Gasteiger partial charge in [-0.05, 0) is 31.5 Å². The molecule has 0 bridgehead atoms. The highest BCUT2D eigenvalue weighted by Gasteiger charge is 2.30. The van der Waals surface area contributed by atoms with Gasteiger partial charge in [-0.3, -0.25) is 4.79 Å². The second-order valence-electron chi connectivity index (χ2n) is 4.62. The van der Waals surface area contributed by atoms with E-state index < -0.39 is 0 Å². The number of carbonyl (C=O) groups excluding carboxylic acids is 1. The third-order valence-electron chi connectivity index (χ3n) is 3.47. The molecule has 18 heavy (non-hydrogen) atoms. The van der Waals surface area contributed by atoms with Gasteiger partial charge >= 0.3 is 0 Å². The number of hydrogen-bond acceptors (Lipinski definition) is 3. The first-order valence-corrected chi connectivity index (χ1v) is 6.48. The first-order chi connectivity index (χ1) is 8.77. The predicted molar refractivity (Wildman–Crippen MR) is 73.6 cm³/mol. The normalized spacial score (nSPS) is 19.0. The van der Waals surface area contributed by atoms with E-state index in [9.17, 15) is 4.79 Å². The lowest BCUT2D eigenvalue weighted by atomic mass is 10.1. The van der Waals surface area contributed by atoms with Gasteiger partial charge < -0.3 is 15.5 Å². The molecule has 1 aliphatic rings. The Bertz CT molecular complexity index is 419. The summed E-state index contributed by atoms with van der Waals surface area (Å²) in [4.78, 5) is 14.1. The van der Waals surface area contributed by atoms with Crippen LogP contribution >= 0.6 is 0 Å². The Morgan fingerprint density at radius 2 is 2.17 bits per heavy atom. The first-order valence-electron chi connectivity index (χ1n) is 6.48. The molecule has 4 nitrogen and oxygen atoms in total. The minimum absolute atomic E-state index is 0.0204. The second-order valence-corrected chi connectivity index (χ2v) is 4.62. The summed E-state index contributed by atoms with van der Waals surface area (Å²) in [6.07, 6.45) is 2.01. The van der Waals surface area contributed by atoms with Crippen LogP contribution in [0.2, 0.25) is 0 Å².